The fraction of sp³-hybridized carbons (Fsp3) is 0.909. The topological polar surface area (TPSA) is 17.1 Å². The zero-order valence-corrected chi connectivity index (χ0v) is 10.4. The zero-order valence-electron chi connectivity index (χ0n) is 8.77. The number of ketones is 1. The Balaban J connectivity index is 2.69. The molecule has 13 heavy (non-hydrogen) atoms. The summed E-state index contributed by atoms with van der Waals surface area (Å²) in [6.07, 6.45) is 4.32. The van der Waals surface area contributed by atoms with E-state index < -0.39 is 0 Å². The average molecular weight is 247 g/mol. The van der Waals surface area contributed by atoms with E-state index in [0.717, 1.165) is 19.3 Å². The fourth-order valence-electron chi connectivity index (χ4n) is 2.41. The summed E-state index contributed by atoms with van der Waals surface area (Å²) in [5.74, 6) is 1.04. The molecule has 0 N–H and O–H groups in total. The second kappa shape index (κ2) is 4.12. The maximum atomic E-state index is 11.9. The summed E-state index contributed by atoms with van der Waals surface area (Å²) in [5.41, 5.74) is -0.0550. The summed E-state index contributed by atoms with van der Waals surface area (Å²) in [5, 5.41) is 0. The summed E-state index contributed by atoms with van der Waals surface area (Å²) in [4.78, 5) is 12.1. The molecule has 0 aromatic heterocycles. The first-order chi connectivity index (χ1) is 5.96. The standard InChI is InChI=1S/C11H19BrO/c1-8(2)7-11(3)6-4-5-9(12)10(11)13/h8-9H,4-7H2,1-3H3. The lowest BCUT2D eigenvalue weighted by molar-refractivity contribution is -0.130. The van der Waals surface area contributed by atoms with Crippen molar-refractivity contribution in [3.63, 3.8) is 0 Å². The van der Waals surface area contributed by atoms with Crippen molar-refractivity contribution in [3.8, 4) is 0 Å². The van der Waals surface area contributed by atoms with Crippen molar-refractivity contribution in [2.75, 3.05) is 0 Å². The third kappa shape index (κ3) is 2.55. The highest BCUT2D eigenvalue weighted by atomic mass is 79.9. The van der Waals surface area contributed by atoms with Crippen LogP contribution in [0, 0.1) is 11.3 Å². The first-order valence-electron chi connectivity index (χ1n) is 5.14. The highest BCUT2D eigenvalue weighted by Crippen LogP contribution is 2.40. The van der Waals surface area contributed by atoms with Gasteiger partial charge in [-0.2, -0.15) is 0 Å². The van der Waals surface area contributed by atoms with Crippen LogP contribution in [0.5, 0.6) is 0 Å². The van der Waals surface area contributed by atoms with Gasteiger partial charge in [-0.05, 0) is 25.2 Å². The molecule has 1 aliphatic carbocycles. The fourth-order valence-corrected chi connectivity index (χ4v) is 3.28. The van der Waals surface area contributed by atoms with E-state index in [2.05, 4.69) is 36.7 Å². The Morgan fingerprint density at radius 3 is 2.77 bits per heavy atom. The quantitative estimate of drug-likeness (QED) is 0.682. The summed E-state index contributed by atoms with van der Waals surface area (Å²) < 4.78 is 0. The Kier molecular flexibility index (Phi) is 3.56. The van der Waals surface area contributed by atoms with Crippen LogP contribution in [0.3, 0.4) is 0 Å². The summed E-state index contributed by atoms with van der Waals surface area (Å²) in [6, 6.07) is 0. The lowest BCUT2D eigenvalue weighted by Crippen LogP contribution is -2.38. The van der Waals surface area contributed by atoms with Crippen LogP contribution < -0.4 is 0 Å². The number of alkyl halides is 1. The van der Waals surface area contributed by atoms with Crippen molar-refractivity contribution in [3.05, 3.63) is 0 Å². The highest BCUT2D eigenvalue weighted by molar-refractivity contribution is 9.10. The van der Waals surface area contributed by atoms with Crippen LogP contribution in [-0.4, -0.2) is 10.6 Å². The first kappa shape index (κ1) is 11.2. The molecule has 1 rings (SSSR count). The van der Waals surface area contributed by atoms with Crippen molar-refractivity contribution < 1.29 is 4.79 Å². The SMILES string of the molecule is CC(C)CC1(C)CCCC(Br)C1=O. The maximum absolute atomic E-state index is 11.9. The van der Waals surface area contributed by atoms with Gasteiger partial charge in [0.1, 0.15) is 0 Å². The van der Waals surface area contributed by atoms with Crippen molar-refractivity contribution >= 4 is 21.7 Å². The Bertz CT molecular complexity index is 200. The third-order valence-corrected chi connectivity index (χ3v) is 3.80. The molecule has 2 atom stereocenters. The van der Waals surface area contributed by atoms with Crippen LogP contribution in [0.1, 0.15) is 46.5 Å². The van der Waals surface area contributed by atoms with E-state index in [0.29, 0.717) is 11.7 Å². The van der Waals surface area contributed by atoms with Gasteiger partial charge in [0, 0.05) is 5.41 Å². The number of halogens is 1. The van der Waals surface area contributed by atoms with Crippen LogP contribution in [0.2, 0.25) is 0 Å². The third-order valence-electron chi connectivity index (χ3n) is 2.92. The zero-order chi connectivity index (χ0) is 10.1. The highest BCUT2D eigenvalue weighted by Gasteiger charge is 2.39. The van der Waals surface area contributed by atoms with Crippen LogP contribution >= 0.6 is 15.9 Å². The second-order valence-corrected chi connectivity index (χ2v) is 5.99. The summed E-state index contributed by atoms with van der Waals surface area (Å²) in [6.45, 7) is 6.51. The molecule has 1 nitrogen and oxygen atoms in total. The Morgan fingerprint density at radius 2 is 2.23 bits per heavy atom. The minimum Gasteiger partial charge on any atom is -0.298 e. The Morgan fingerprint density at radius 1 is 1.62 bits per heavy atom. The maximum Gasteiger partial charge on any atom is 0.152 e. The second-order valence-electron chi connectivity index (χ2n) is 4.88. The van der Waals surface area contributed by atoms with Crippen molar-refractivity contribution in [2.24, 2.45) is 11.3 Å². The van der Waals surface area contributed by atoms with Crippen LogP contribution in [0.4, 0.5) is 0 Å². The molecule has 0 aromatic carbocycles. The predicted octanol–water partition coefficient (Wildman–Crippen LogP) is 3.56. The Hall–Kier alpha value is 0.150. The lowest BCUT2D eigenvalue weighted by Gasteiger charge is -2.35. The largest absolute Gasteiger partial charge is 0.298 e. The summed E-state index contributed by atoms with van der Waals surface area (Å²) in [7, 11) is 0. The minimum absolute atomic E-state index is 0.0550. The predicted molar refractivity (Wildman–Crippen MR) is 59.1 cm³/mol. The average Bonchev–Trinajstić information content (AvgIpc) is 1.99. The van der Waals surface area contributed by atoms with Crippen molar-refractivity contribution in [2.45, 2.75) is 51.3 Å². The van der Waals surface area contributed by atoms with Crippen LogP contribution in [0.15, 0.2) is 0 Å². The number of rotatable bonds is 2. The molecule has 0 aliphatic heterocycles. The molecule has 0 spiro atoms. The van der Waals surface area contributed by atoms with E-state index in [1.54, 1.807) is 0 Å². The molecule has 1 aliphatic rings. The van der Waals surface area contributed by atoms with Gasteiger partial charge in [0.2, 0.25) is 0 Å². The molecule has 0 amide bonds. The molecule has 0 bridgehead atoms. The van der Waals surface area contributed by atoms with Gasteiger partial charge in [0.25, 0.3) is 0 Å². The molecule has 0 radical (unpaired) electrons. The van der Waals surface area contributed by atoms with Gasteiger partial charge < -0.3 is 0 Å². The number of carbonyl (C=O) groups excluding carboxylic acids is 1. The van der Waals surface area contributed by atoms with Crippen LogP contribution in [0.25, 0.3) is 0 Å². The normalized spacial score (nSPS) is 35.5. The molecule has 2 heteroatoms. The molecule has 1 fully saturated rings. The van der Waals surface area contributed by atoms with Crippen molar-refractivity contribution in [1.82, 2.24) is 0 Å². The number of carbonyl (C=O) groups is 1. The first-order valence-corrected chi connectivity index (χ1v) is 6.05. The van der Waals surface area contributed by atoms with Crippen LogP contribution in [-0.2, 0) is 4.79 Å². The smallest absolute Gasteiger partial charge is 0.152 e. The number of hydrogen-bond acceptors (Lipinski definition) is 1. The van der Waals surface area contributed by atoms with E-state index in [9.17, 15) is 4.79 Å². The molecule has 0 heterocycles. The molecule has 0 saturated heterocycles. The number of Topliss-reactive ketones (excluding diaryl/α,β-unsaturated/α-hetero) is 1. The van der Waals surface area contributed by atoms with Gasteiger partial charge in [0.05, 0.1) is 4.83 Å². The molecule has 76 valence electrons. The van der Waals surface area contributed by atoms with Gasteiger partial charge in [-0.3, -0.25) is 4.79 Å². The minimum atomic E-state index is -0.0550. The van der Waals surface area contributed by atoms with E-state index in [1.807, 2.05) is 0 Å². The molecular formula is C11H19BrO. The van der Waals surface area contributed by atoms with Gasteiger partial charge in [0.15, 0.2) is 5.78 Å². The molecular weight excluding hydrogens is 228 g/mol. The van der Waals surface area contributed by atoms with Gasteiger partial charge in [-0.25, -0.2) is 0 Å². The molecule has 0 aromatic rings. The van der Waals surface area contributed by atoms with Gasteiger partial charge in [-0.1, -0.05) is 43.1 Å². The monoisotopic (exact) mass is 246 g/mol. The van der Waals surface area contributed by atoms with E-state index in [4.69, 9.17) is 0 Å². The number of hydrogen-bond donors (Lipinski definition) is 0. The van der Waals surface area contributed by atoms with E-state index in [1.165, 1.54) is 6.42 Å². The van der Waals surface area contributed by atoms with E-state index >= 15 is 0 Å². The molecule has 1 saturated carbocycles. The van der Waals surface area contributed by atoms with Crippen molar-refractivity contribution in [1.29, 1.82) is 0 Å². The summed E-state index contributed by atoms with van der Waals surface area (Å²) >= 11 is 3.47. The molecule has 2 unspecified atom stereocenters. The van der Waals surface area contributed by atoms with Gasteiger partial charge in [-0.15, -0.1) is 0 Å². The van der Waals surface area contributed by atoms with Gasteiger partial charge >= 0.3 is 0 Å². The lowest BCUT2D eigenvalue weighted by atomic mass is 9.70. The Labute approximate surface area is 89.4 Å². The van der Waals surface area contributed by atoms with E-state index in [-0.39, 0.29) is 10.2 Å².